The van der Waals surface area contributed by atoms with Gasteiger partial charge >= 0.3 is 6.09 Å². The molecule has 2 amide bonds. The van der Waals surface area contributed by atoms with Gasteiger partial charge in [-0.15, -0.1) is 11.3 Å². The van der Waals surface area contributed by atoms with Gasteiger partial charge in [0.05, 0.1) is 58.2 Å². The number of aliphatic hydroxyl groups is 1. The van der Waals surface area contributed by atoms with E-state index in [4.69, 9.17) is 4.74 Å². The average Bonchev–Trinajstić information content (AvgIpc) is 3.50. The zero-order valence-corrected chi connectivity index (χ0v) is 21.8. The van der Waals surface area contributed by atoms with E-state index in [-0.39, 0.29) is 12.5 Å². The molecule has 36 heavy (non-hydrogen) atoms. The maximum absolute atomic E-state index is 13.1. The quantitative estimate of drug-likeness (QED) is 0.351. The molecule has 4 aromatic heterocycles. The molecule has 0 atom stereocenters. The third-order valence-electron chi connectivity index (χ3n) is 5.30. The Morgan fingerprint density at radius 2 is 1.83 bits per heavy atom. The molecule has 0 unspecified atom stereocenters. The number of nitrogens with zero attached hydrogens (tertiary/aromatic N) is 5. The van der Waals surface area contributed by atoms with E-state index in [9.17, 15) is 14.7 Å². The third kappa shape index (κ3) is 5.39. The first-order chi connectivity index (χ1) is 16.9. The van der Waals surface area contributed by atoms with Crippen molar-refractivity contribution in [2.24, 2.45) is 0 Å². The number of hydrogen-bond donors (Lipinski definition) is 3. The Morgan fingerprint density at radius 3 is 2.53 bits per heavy atom. The summed E-state index contributed by atoms with van der Waals surface area (Å²) in [5, 5.41) is 23.8. The maximum Gasteiger partial charge on any atom is 0.412 e. The molecular formula is C24H29N7O4S. The molecule has 0 aromatic carbocycles. The maximum atomic E-state index is 13.1. The molecule has 0 radical (unpaired) electrons. The van der Waals surface area contributed by atoms with Crippen LogP contribution in [0, 0.1) is 6.92 Å². The number of aryl methyl sites for hydroxylation is 1. The molecule has 0 aliphatic carbocycles. The lowest BCUT2D eigenvalue weighted by atomic mass is 10.1. The van der Waals surface area contributed by atoms with E-state index in [0.29, 0.717) is 27.5 Å². The minimum Gasteiger partial charge on any atom is -0.444 e. The number of thiazole rings is 1. The van der Waals surface area contributed by atoms with E-state index < -0.39 is 17.2 Å². The van der Waals surface area contributed by atoms with Gasteiger partial charge in [-0.2, -0.15) is 10.2 Å². The van der Waals surface area contributed by atoms with Crippen molar-refractivity contribution in [3.05, 3.63) is 48.3 Å². The number of aliphatic hydroxyl groups excluding tert-OH is 1. The number of rotatable bonds is 6. The monoisotopic (exact) mass is 511 g/mol. The molecular weight excluding hydrogens is 482 g/mol. The van der Waals surface area contributed by atoms with Gasteiger partial charge in [-0.1, -0.05) is 0 Å². The van der Waals surface area contributed by atoms with Crippen molar-refractivity contribution in [2.45, 2.75) is 52.7 Å². The van der Waals surface area contributed by atoms with E-state index in [1.165, 1.54) is 23.7 Å². The van der Waals surface area contributed by atoms with Crippen molar-refractivity contribution in [2.75, 3.05) is 17.2 Å². The minimum atomic E-state index is -0.639. The predicted octanol–water partition coefficient (Wildman–Crippen LogP) is 4.29. The Labute approximate surface area is 212 Å². The summed E-state index contributed by atoms with van der Waals surface area (Å²) in [6.07, 6.45) is 7.81. The molecule has 0 aliphatic heterocycles. The Kier molecular flexibility index (Phi) is 6.58. The Balaban J connectivity index is 1.54. The number of amides is 2. The number of carbonyl (C=O) groups excluding carboxylic acids is 2. The SMILES string of the molecule is Cc1ncc(NC(=O)OC(C)(C)C)cc1NC(=O)c1cnn2cc(-c3cnn(C(C)(C)CO)c3)sc12. The summed E-state index contributed by atoms with van der Waals surface area (Å²) < 4.78 is 8.63. The fourth-order valence-corrected chi connectivity index (χ4v) is 4.30. The van der Waals surface area contributed by atoms with Crippen molar-refractivity contribution in [1.82, 2.24) is 24.4 Å². The molecule has 190 valence electrons. The first kappa shape index (κ1) is 25.3. The molecule has 0 bridgehead atoms. The summed E-state index contributed by atoms with van der Waals surface area (Å²) in [6.45, 7) is 10.8. The standard InChI is InChI=1S/C24H29N7O4S/c1-14-18(7-16(9-25-14)28-22(34)35-23(2,3)4)29-20(33)17-10-26-30-12-19(36-21(17)30)15-8-27-31(11-15)24(5,6)13-32/h7-12,32H,13H2,1-6H3,(H,28,34)(H,29,33). The molecule has 0 spiro atoms. The fourth-order valence-electron chi connectivity index (χ4n) is 3.27. The molecule has 0 fully saturated rings. The van der Waals surface area contributed by atoms with E-state index in [1.807, 2.05) is 26.2 Å². The van der Waals surface area contributed by atoms with Crippen LogP contribution in [0.3, 0.4) is 0 Å². The van der Waals surface area contributed by atoms with Gasteiger partial charge in [-0.25, -0.2) is 9.31 Å². The van der Waals surface area contributed by atoms with Gasteiger partial charge in [0, 0.05) is 18.0 Å². The van der Waals surface area contributed by atoms with Gasteiger partial charge in [0.1, 0.15) is 10.4 Å². The van der Waals surface area contributed by atoms with Gasteiger partial charge in [-0.3, -0.25) is 19.8 Å². The summed E-state index contributed by atoms with van der Waals surface area (Å²) in [5.74, 6) is -0.352. The van der Waals surface area contributed by atoms with Crippen LogP contribution in [-0.4, -0.2) is 53.7 Å². The lowest BCUT2D eigenvalue weighted by Crippen LogP contribution is -2.30. The van der Waals surface area contributed by atoms with Crippen LogP contribution in [0.4, 0.5) is 16.2 Å². The van der Waals surface area contributed by atoms with Crippen LogP contribution in [-0.2, 0) is 10.3 Å². The summed E-state index contributed by atoms with van der Waals surface area (Å²) >= 11 is 1.41. The van der Waals surface area contributed by atoms with Crippen LogP contribution in [0.1, 0.15) is 50.7 Å². The summed E-state index contributed by atoms with van der Waals surface area (Å²) in [4.78, 5) is 31.1. The molecule has 12 heteroatoms. The smallest absolute Gasteiger partial charge is 0.412 e. The molecule has 4 heterocycles. The minimum absolute atomic E-state index is 0.0467. The normalized spacial score (nSPS) is 12.1. The second-order valence-electron chi connectivity index (χ2n) is 9.99. The lowest BCUT2D eigenvalue weighted by molar-refractivity contribution is 0.0635. The van der Waals surface area contributed by atoms with E-state index in [1.54, 1.807) is 49.2 Å². The van der Waals surface area contributed by atoms with Crippen LogP contribution >= 0.6 is 11.3 Å². The van der Waals surface area contributed by atoms with Gasteiger partial charge in [-0.05, 0) is 47.6 Å². The molecule has 4 aromatic rings. The number of anilines is 2. The third-order valence-corrected chi connectivity index (χ3v) is 6.46. The van der Waals surface area contributed by atoms with Crippen molar-refractivity contribution >= 4 is 39.5 Å². The Hall–Kier alpha value is -3.77. The molecule has 3 N–H and O–H groups in total. The fraction of sp³-hybridized carbons (Fsp3) is 0.375. The largest absolute Gasteiger partial charge is 0.444 e. The summed E-state index contributed by atoms with van der Waals surface area (Å²) in [7, 11) is 0. The number of carbonyl (C=O) groups is 2. The van der Waals surface area contributed by atoms with Crippen molar-refractivity contribution in [3.63, 3.8) is 0 Å². The van der Waals surface area contributed by atoms with Gasteiger partial charge in [0.15, 0.2) is 0 Å². The highest BCUT2D eigenvalue weighted by Crippen LogP contribution is 2.31. The zero-order chi connectivity index (χ0) is 26.3. The second kappa shape index (κ2) is 9.36. The predicted molar refractivity (Wildman–Crippen MR) is 137 cm³/mol. The highest BCUT2D eigenvalue weighted by molar-refractivity contribution is 7.21. The number of fused-ring (bicyclic) bond motifs is 1. The van der Waals surface area contributed by atoms with Crippen molar-refractivity contribution < 1.29 is 19.4 Å². The van der Waals surface area contributed by atoms with Gasteiger partial charge in [0.2, 0.25) is 0 Å². The molecule has 0 aliphatic rings. The van der Waals surface area contributed by atoms with E-state index >= 15 is 0 Å². The van der Waals surface area contributed by atoms with Crippen molar-refractivity contribution in [1.29, 1.82) is 0 Å². The lowest BCUT2D eigenvalue weighted by Gasteiger charge is -2.21. The highest BCUT2D eigenvalue weighted by atomic mass is 32.1. The van der Waals surface area contributed by atoms with Gasteiger partial charge < -0.3 is 15.2 Å². The number of aromatic nitrogens is 5. The van der Waals surface area contributed by atoms with Crippen molar-refractivity contribution in [3.8, 4) is 10.4 Å². The summed E-state index contributed by atoms with van der Waals surface area (Å²) in [6, 6.07) is 1.63. The number of pyridine rings is 1. The zero-order valence-electron chi connectivity index (χ0n) is 21.0. The first-order valence-electron chi connectivity index (χ1n) is 11.3. The average molecular weight is 512 g/mol. The first-order valence-corrected chi connectivity index (χ1v) is 12.1. The van der Waals surface area contributed by atoms with E-state index in [0.717, 1.165) is 10.4 Å². The molecule has 0 saturated carbocycles. The molecule has 4 rings (SSSR count). The molecule has 0 saturated heterocycles. The topological polar surface area (TPSA) is 136 Å². The van der Waals surface area contributed by atoms with Crippen LogP contribution in [0.25, 0.3) is 15.3 Å². The number of ether oxygens (including phenoxy) is 1. The van der Waals surface area contributed by atoms with Crippen LogP contribution in [0.5, 0.6) is 0 Å². The van der Waals surface area contributed by atoms with Crippen LogP contribution < -0.4 is 10.6 Å². The molecule has 11 nitrogen and oxygen atoms in total. The highest BCUT2D eigenvalue weighted by Gasteiger charge is 2.22. The summed E-state index contributed by atoms with van der Waals surface area (Å²) in [5.41, 5.74) is 1.54. The second-order valence-corrected chi connectivity index (χ2v) is 11.0. The Morgan fingerprint density at radius 1 is 1.08 bits per heavy atom. The van der Waals surface area contributed by atoms with Gasteiger partial charge in [0.25, 0.3) is 5.91 Å². The van der Waals surface area contributed by atoms with Crippen LogP contribution in [0.15, 0.2) is 37.1 Å². The number of nitrogens with one attached hydrogen (secondary N) is 2. The van der Waals surface area contributed by atoms with E-state index in [2.05, 4.69) is 25.8 Å². The van der Waals surface area contributed by atoms with Crippen LogP contribution in [0.2, 0.25) is 0 Å². The number of hydrogen-bond acceptors (Lipinski definition) is 8. The Bertz CT molecular complexity index is 1430.